The molecule has 1 amide bonds. The molecular weight excluding hydrogens is 307 g/mol. The Hall–Kier alpha value is -1.55. The van der Waals surface area contributed by atoms with E-state index in [1.165, 1.54) is 11.1 Å². The van der Waals surface area contributed by atoms with Crippen LogP contribution in [0, 0.1) is 0 Å². The van der Waals surface area contributed by atoms with Crippen LogP contribution < -0.4 is 10.6 Å². The van der Waals surface area contributed by atoms with Crippen LogP contribution in [-0.4, -0.2) is 12.5 Å². The molecule has 0 unspecified atom stereocenters. The standard InChI is InChI=1S/C16H14Cl2N2O/c17-12-2-4-14(15(18)8-12)16(21)20-13-3-1-10-5-6-19-9-11(10)7-13/h1-4,7-8,19H,5-6,9H2,(H,20,21). The second-order valence-corrected chi connectivity index (χ2v) is 5.83. The Balaban J connectivity index is 1.81. The van der Waals surface area contributed by atoms with Crippen molar-refractivity contribution in [1.29, 1.82) is 0 Å². The third-order valence-electron chi connectivity index (χ3n) is 3.53. The Labute approximate surface area is 133 Å². The summed E-state index contributed by atoms with van der Waals surface area (Å²) in [6.45, 7) is 1.83. The van der Waals surface area contributed by atoms with E-state index in [0.29, 0.717) is 15.6 Å². The van der Waals surface area contributed by atoms with Crippen molar-refractivity contribution in [3.63, 3.8) is 0 Å². The van der Waals surface area contributed by atoms with Crippen LogP contribution in [0.5, 0.6) is 0 Å². The summed E-state index contributed by atoms with van der Waals surface area (Å²) < 4.78 is 0. The van der Waals surface area contributed by atoms with Crippen molar-refractivity contribution >= 4 is 34.8 Å². The molecule has 0 saturated carbocycles. The average Bonchev–Trinajstić information content (AvgIpc) is 2.47. The van der Waals surface area contributed by atoms with Crippen molar-refractivity contribution in [2.75, 3.05) is 11.9 Å². The van der Waals surface area contributed by atoms with Gasteiger partial charge in [-0.05, 0) is 54.4 Å². The number of amides is 1. The minimum Gasteiger partial charge on any atom is -0.322 e. The van der Waals surface area contributed by atoms with Crippen molar-refractivity contribution in [1.82, 2.24) is 5.32 Å². The summed E-state index contributed by atoms with van der Waals surface area (Å²) in [5.41, 5.74) is 3.74. The summed E-state index contributed by atoms with van der Waals surface area (Å²) in [6, 6.07) is 10.8. The number of carbonyl (C=O) groups is 1. The third kappa shape index (κ3) is 3.21. The normalized spacial score (nSPS) is 13.6. The summed E-state index contributed by atoms with van der Waals surface area (Å²) in [7, 11) is 0. The van der Waals surface area contributed by atoms with Gasteiger partial charge in [-0.25, -0.2) is 0 Å². The van der Waals surface area contributed by atoms with Gasteiger partial charge in [-0.2, -0.15) is 0 Å². The first-order chi connectivity index (χ1) is 10.1. The van der Waals surface area contributed by atoms with Gasteiger partial charge in [0.25, 0.3) is 5.91 Å². The highest BCUT2D eigenvalue weighted by Crippen LogP contribution is 2.23. The van der Waals surface area contributed by atoms with Crippen LogP contribution >= 0.6 is 23.2 Å². The number of nitrogens with one attached hydrogen (secondary N) is 2. The molecule has 5 heteroatoms. The maximum absolute atomic E-state index is 12.3. The minimum absolute atomic E-state index is 0.236. The summed E-state index contributed by atoms with van der Waals surface area (Å²) in [5.74, 6) is -0.236. The van der Waals surface area contributed by atoms with Gasteiger partial charge < -0.3 is 10.6 Å². The summed E-state index contributed by atoms with van der Waals surface area (Å²) >= 11 is 11.9. The Kier molecular flexibility index (Phi) is 4.15. The smallest absolute Gasteiger partial charge is 0.257 e. The number of carbonyl (C=O) groups excluding carboxylic acids is 1. The lowest BCUT2D eigenvalue weighted by atomic mass is 10.0. The SMILES string of the molecule is O=C(Nc1ccc2c(c1)CNCC2)c1ccc(Cl)cc1Cl. The lowest BCUT2D eigenvalue weighted by molar-refractivity contribution is 0.102. The molecule has 0 bridgehead atoms. The largest absolute Gasteiger partial charge is 0.322 e. The minimum atomic E-state index is -0.236. The van der Waals surface area contributed by atoms with Crippen molar-refractivity contribution < 1.29 is 4.79 Å². The highest BCUT2D eigenvalue weighted by atomic mass is 35.5. The van der Waals surface area contributed by atoms with E-state index in [9.17, 15) is 4.79 Å². The van der Waals surface area contributed by atoms with E-state index in [0.717, 1.165) is 25.2 Å². The fourth-order valence-corrected chi connectivity index (χ4v) is 2.92. The number of benzene rings is 2. The zero-order valence-corrected chi connectivity index (χ0v) is 12.8. The molecule has 0 atom stereocenters. The predicted octanol–water partition coefficient (Wildman–Crippen LogP) is 3.89. The van der Waals surface area contributed by atoms with Gasteiger partial charge in [0.1, 0.15) is 0 Å². The summed E-state index contributed by atoms with van der Waals surface area (Å²) in [5, 5.41) is 7.05. The first-order valence-electron chi connectivity index (χ1n) is 6.72. The fourth-order valence-electron chi connectivity index (χ4n) is 2.43. The molecule has 2 aromatic carbocycles. The Morgan fingerprint density at radius 2 is 1.95 bits per heavy atom. The molecule has 0 fully saturated rings. The highest BCUT2D eigenvalue weighted by Gasteiger charge is 2.13. The van der Waals surface area contributed by atoms with Crippen molar-refractivity contribution in [2.45, 2.75) is 13.0 Å². The maximum atomic E-state index is 12.3. The first-order valence-corrected chi connectivity index (χ1v) is 7.48. The van der Waals surface area contributed by atoms with E-state index in [1.54, 1.807) is 18.2 Å². The van der Waals surface area contributed by atoms with Gasteiger partial charge in [0.05, 0.1) is 10.6 Å². The number of anilines is 1. The topological polar surface area (TPSA) is 41.1 Å². The van der Waals surface area contributed by atoms with Crippen LogP contribution in [-0.2, 0) is 13.0 Å². The van der Waals surface area contributed by atoms with Crippen LogP contribution in [0.1, 0.15) is 21.5 Å². The van der Waals surface area contributed by atoms with Crippen LogP contribution in [0.3, 0.4) is 0 Å². The fraction of sp³-hybridized carbons (Fsp3) is 0.188. The molecule has 0 radical (unpaired) electrons. The lowest BCUT2D eigenvalue weighted by Gasteiger charge is -2.18. The quantitative estimate of drug-likeness (QED) is 0.881. The van der Waals surface area contributed by atoms with E-state index in [1.807, 2.05) is 12.1 Å². The molecular formula is C16H14Cl2N2O. The van der Waals surface area contributed by atoms with Crippen LogP contribution in [0.4, 0.5) is 5.69 Å². The number of rotatable bonds is 2. The van der Waals surface area contributed by atoms with E-state index < -0.39 is 0 Å². The van der Waals surface area contributed by atoms with E-state index in [4.69, 9.17) is 23.2 Å². The van der Waals surface area contributed by atoms with E-state index in [-0.39, 0.29) is 5.91 Å². The number of halogens is 2. The highest BCUT2D eigenvalue weighted by molar-refractivity contribution is 6.37. The van der Waals surface area contributed by atoms with Gasteiger partial charge in [-0.1, -0.05) is 29.3 Å². The van der Waals surface area contributed by atoms with Crippen molar-refractivity contribution in [3.05, 3.63) is 63.1 Å². The lowest BCUT2D eigenvalue weighted by Crippen LogP contribution is -2.23. The Bertz CT molecular complexity index is 701. The number of hydrogen-bond acceptors (Lipinski definition) is 2. The summed E-state index contributed by atoms with van der Waals surface area (Å²) in [4.78, 5) is 12.3. The van der Waals surface area contributed by atoms with Crippen molar-refractivity contribution in [3.8, 4) is 0 Å². The molecule has 1 aliphatic rings. The van der Waals surface area contributed by atoms with Crippen LogP contribution in [0.15, 0.2) is 36.4 Å². The molecule has 2 aromatic rings. The molecule has 0 saturated heterocycles. The zero-order valence-electron chi connectivity index (χ0n) is 11.2. The second-order valence-electron chi connectivity index (χ2n) is 4.99. The molecule has 2 N–H and O–H groups in total. The van der Waals surface area contributed by atoms with Gasteiger partial charge >= 0.3 is 0 Å². The second kappa shape index (κ2) is 6.06. The maximum Gasteiger partial charge on any atom is 0.257 e. The molecule has 0 aromatic heterocycles. The van der Waals surface area contributed by atoms with Gasteiger partial charge in [-0.15, -0.1) is 0 Å². The molecule has 3 nitrogen and oxygen atoms in total. The van der Waals surface area contributed by atoms with Gasteiger partial charge in [-0.3, -0.25) is 4.79 Å². The predicted molar refractivity (Wildman–Crippen MR) is 86.3 cm³/mol. The Morgan fingerprint density at radius 1 is 1.10 bits per heavy atom. The molecule has 3 rings (SSSR count). The average molecular weight is 321 g/mol. The van der Waals surface area contributed by atoms with Crippen LogP contribution in [0.2, 0.25) is 10.0 Å². The third-order valence-corrected chi connectivity index (χ3v) is 4.07. The Morgan fingerprint density at radius 3 is 2.76 bits per heavy atom. The van der Waals surface area contributed by atoms with E-state index in [2.05, 4.69) is 16.7 Å². The number of hydrogen-bond donors (Lipinski definition) is 2. The molecule has 1 heterocycles. The monoisotopic (exact) mass is 320 g/mol. The molecule has 1 aliphatic heterocycles. The van der Waals surface area contributed by atoms with Crippen LogP contribution in [0.25, 0.3) is 0 Å². The van der Waals surface area contributed by atoms with Gasteiger partial charge in [0.15, 0.2) is 0 Å². The van der Waals surface area contributed by atoms with Gasteiger partial charge in [0, 0.05) is 17.3 Å². The van der Waals surface area contributed by atoms with Gasteiger partial charge in [0.2, 0.25) is 0 Å². The zero-order chi connectivity index (χ0) is 14.8. The molecule has 0 spiro atoms. The molecule has 21 heavy (non-hydrogen) atoms. The van der Waals surface area contributed by atoms with E-state index >= 15 is 0 Å². The first kappa shape index (κ1) is 14.4. The summed E-state index contributed by atoms with van der Waals surface area (Å²) in [6.07, 6.45) is 1.02. The number of fused-ring (bicyclic) bond motifs is 1. The van der Waals surface area contributed by atoms with Crippen molar-refractivity contribution in [2.24, 2.45) is 0 Å². The molecule has 0 aliphatic carbocycles. The molecule has 108 valence electrons.